The van der Waals surface area contributed by atoms with Gasteiger partial charge in [-0.2, -0.15) is 0 Å². The number of imidazole rings is 1. The lowest BCUT2D eigenvalue weighted by Crippen LogP contribution is -2.23. The molecule has 4 rings (SSSR count). The van der Waals surface area contributed by atoms with Crippen LogP contribution in [0, 0.1) is 0 Å². The van der Waals surface area contributed by atoms with Gasteiger partial charge in [-0.1, -0.05) is 91.0 Å². The van der Waals surface area contributed by atoms with E-state index in [1.807, 2.05) is 78.3 Å². The first-order valence-electron chi connectivity index (χ1n) is 8.70. The van der Waals surface area contributed by atoms with Gasteiger partial charge in [-0.25, -0.2) is 4.79 Å². The summed E-state index contributed by atoms with van der Waals surface area (Å²) >= 11 is 0. The van der Waals surface area contributed by atoms with Crippen LogP contribution in [0.5, 0.6) is 0 Å². The second-order valence-corrected chi connectivity index (χ2v) is 6.34. The van der Waals surface area contributed by atoms with Gasteiger partial charge in [0.05, 0.1) is 17.9 Å². The van der Waals surface area contributed by atoms with E-state index < -0.39 is 0 Å². The molecule has 26 heavy (non-hydrogen) atoms. The minimum absolute atomic E-state index is 0.00782. The monoisotopic (exact) mass is 340 g/mol. The van der Waals surface area contributed by atoms with E-state index in [0.29, 0.717) is 6.54 Å². The van der Waals surface area contributed by atoms with Crippen LogP contribution in [0.4, 0.5) is 0 Å². The lowest BCUT2D eigenvalue weighted by Gasteiger charge is -2.11. The van der Waals surface area contributed by atoms with Gasteiger partial charge in [0.1, 0.15) is 0 Å². The Labute approximate surface area is 152 Å². The van der Waals surface area contributed by atoms with Crippen molar-refractivity contribution in [1.29, 1.82) is 0 Å². The Balaban J connectivity index is 1.98. The quantitative estimate of drug-likeness (QED) is 0.535. The van der Waals surface area contributed by atoms with Crippen LogP contribution in [0.15, 0.2) is 95.8 Å². The molecule has 4 aromatic rings. The molecule has 3 aromatic carbocycles. The first-order valence-corrected chi connectivity index (χ1v) is 8.70. The maximum Gasteiger partial charge on any atom is 0.329 e. The maximum absolute atomic E-state index is 13.1. The highest BCUT2D eigenvalue weighted by Crippen LogP contribution is 2.31. The molecule has 0 saturated heterocycles. The van der Waals surface area contributed by atoms with Crippen LogP contribution in [0.2, 0.25) is 0 Å². The minimum atomic E-state index is -0.00782. The van der Waals surface area contributed by atoms with E-state index in [4.69, 9.17) is 0 Å². The molecule has 0 aliphatic rings. The number of nitrogens with zero attached hydrogens (tertiary/aromatic N) is 2. The number of hydrogen-bond donors (Lipinski definition) is 0. The summed E-state index contributed by atoms with van der Waals surface area (Å²) in [6.07, 6.45) is 0. The average molecular weight is 340 g/mol. The highest BCUT2D eigenvalue weighted by Gasteiger charge is 2.20. The first-order chi connectivity index (χ1) is 12.8. The van der Waals surface area contributed by atoms with Gasteiger partial charge >= 0.3 is 5.69 Å². The zero-order valence-corrected chi connectivity index (χ0v) is 14.7. The van der Waals surface area contributed by atoms with Crippen LogP contribution in [0.1, 0.15) is 5.56 Å². The summed E-state index contributed by atoms with van der Waals surface area (Å²) in [4.78, 5) is 13.1. The number of rotatable bonds is 4. The molecule has 0 spiro atoms. The van der Waals surface area contributed by atoms with Crippen molar-refractivity contribution in [2.75, 3.05) is 0 Å². The minimum Gasteiger partial charge on any atom is -0.294 e. The topological polar surface area (TPSA) is 26.9 Å². The van der Waals surface area contributed by atoms with E-state index in [-0.39, 0.29) is 5.69 Å². The SMILES string of the molecule is Cn1c(-c2ccccc2)c(-c2ccccc2)n(Cc2ccccc2)c1=O. The van der Waals surface area contributed by atoms with Crippen LogP contribution in [-0.2, 0) is 13.6 Å². The third-order valence-electron chi connectivity index (χ3n) is 4.63. The molecule has 0 saturated carbocycles. The van der Waals surface area contributed by atoms with Crippen molar-refractivity contribution in [3.05, 3.63) is 107 Å². The summed E-state index contributed by atoms with van der Waals surface area (Å²) in [5, 5.41) is 0. The highest BCUT2D eigenvalue weighted by atomic mass is 16.1. The number of benzene rings is 3. The van der Waals surface area contributed by atoms with Crippen LogP contribution in [0.3, 0.4) is 0 Å². The van der Waals surface area contributed by atoms with Crippen molar-refractivity contribution in [1.82, 2.24) is 9.13 Å². The molecule has 0 fully saturated rings. The predicted molar refractivity (Wildman–Crippen MR) is 106 cm³/mol. The van der Waals surface area contributed by atoms with Crippen molar-refractivity contribution in [3.8, 4) is 22.5 Å². The van der Waals surface area contributed by atoms with E-state index in [1.165, 1.54) is 0 Å². The van der Waals surface area contributed by atoms with E-state index in [9.17, 15) is 4.79 Å². The van der Waals surface area contributed by atoms with Gasteiger partial charge in [-0.05, 0) is 5.56 Å². The van der Waals surface area contributed by atoms with Gasteiger partial charge in [0.25, 0.3) is 0 Å². The van der Waals surface area contributed by atoms with Crippen LogP contribution in [-0.4, -0.2) is 9.13 Å². The molecule has 0 bridgehead atoms. The lowest BCUT2D eigenvalue weighted by atomic mass is 10.0. The van der Waals surface area contributed by atoms with Gasteiger partial charge in [-0.15, -0.1) is 0 Å². The molecule has 0 amide bonds. The normalized spacial score (nSPS) is 10.8. The third-order valence-corrected chi connectivity index (χ3v) is 4.63. The Morgan fingerprint density at radius 3 is 1.65 bits per heavy atom. The van der Waals surface area contributed by atoms with E-state index in [2.05, 4.69) is 24.3 Å². The summed E-state index contributed by atoms with van der Waals surface area (Å²) < 4.78 is 3.62. The van der Waals surface area contributed by atoms with E-state index >= 15 is 0 Å². The molecule has 0 aliphatic heterocycles. The van der Waals surface area contributed by atoms with Gasteiger partial charge < -0.3 is 0 Å². The van der Waals surface area contributed by atoms with Crippen molar-refractivity contribution >= 4 is 0 Å². The highest BCUT2D eigenvalue weighted by molar-refractivity contribution is 5.79. The van der Waals surface area contributed by atoms with Crippen molar-refractivity contribution < 1.29 is 0 Å². The Bertz CT molecular complexity index is 1060. The lowest BCUT2D eigenvalue weighted by molar-refractivity contribution is 0.723. The van der Waals surface area contributed by atoms with Crippen molar-refractivity contribution in [2.45, 2.75) is 6.54 Å². The number of aromatic nitrogens is 2. The van der Waals surface area contributed by atoms with Crippen LogP contribution < -0.4 is 5.69 Å². The fourth-order valence-electron chi connectivity index (χ4n) is 3.39. The van der Waals surface area contributed by atoms with Gasteiger partial charge in [0.15, 0.2) is 0 Å². The largest absolute Gasteiger partial charge is 0.329 e. The molecule has 1 heterocycles. The summed E-state index contributed by atoms with van der Waals surface area (Å²) in [5.41, 5.74) is 5.08. The van der Waals surface area contributed by atoms with Gasteiger partial charge in [0.2, 0.25) is 0 Å². The Kier molecular flexibility index (Phi) is 4.28. The maximum atomic E-state index is 13.1. The fourth-order valence-corrected chi connectivity index (χ4v) is 3.39. The third kappa shape index (κ3) is 2.88. The predicted octanol–water partition coefficient (Wildman–Crippen LogP) is 4.57. The molecule has 1 aromatic heterocycles. The molecule has 0 aliphatic carbocycles. The molecule has 3 heteroatoms. The Morgan fingerprint density at radius 1 is 0.654 bits per heavy atom. The molecule has 0 N–H and O–H groups in total. The summed E-state index contributed by atoms with van der Waals surface area (Å²) in [5.74, 6) is 0. The molecule has 3 nitrogen and oxygen atoms in total. The van der Waals surface area contributed by atoms with E-state index in [1.54, 1.807) is 4.57 Å². The Morgan fingerprint density at radius 2 is 1.12 bits per heavy atom. The fraction of sp³-hybridized carbons (Fsp3) is 0.0870. The summed E-state index contributed by atoms with van der Waals surface area (Å²) in [7, 11) is 1.85. The Hall–Kier alpha value is -3.33. The molecular weight excluding hydrogens is 320 g/mol. The first kappa shape index (κ1) is 16.2. The smallest absolute Gasteiger partial charge is 0.294 e. The van der Waals surface area contributed by atoms with Gasteiger partial charge in [-0.3, -0.25) is 9.13 Å². The zero-order valence-electron chi connectivity index (χ0n) is 14.7. The zero-order chi connectivity index (χ0) is 17.9. The average Bonchev–Trinajstić information content (AvgIpc) is 2.95. The van der Waals surface area contributed by atoms with Crippen LogP contribution in [0.25, 0.3) is 22.5 Å². The second-order valence-electron chi connectivity index (χ2n) is 6.34. The van der Waals surface area contributed by atoms with E-state index in [0.717, 1.165) is 28.1 Å². The van der Waals surface area contributed by atoms with Crippen LogP contribution >= 0.6 is 0 Å². The second kappa shape index (κ2) is 6.89. The standard InChI is InChI=1S/C23H20N2O/c1-24-21(19-13-7-3-8-14-19)22(20-15-9-4-10-16-20)25(23(24)26)17-18-11-5-2-6-12-18/h2-16H,17H2,1H3. The molecular formula is C23H20N2O. The van der Waals surface area contributed by atoms with Crippen molar-refractivity contribution in [3.63, 3.8) is 0 Å². The molecule has 0 radical (unpaired) electrons. The van der Waals surface area contributed by atoms with Gasteiger partial charge in [0, 0.05) is 18.2 Å². The summed E-state index contributed by atoms with van der Waals surface area (Å²) in [6, 6.07) is 30.3. The number of hydrogen-bond acceptors (Lipinski definition) is 1. The van der Waals surface area contributed by atoms with Crippen molar-refractivity contribution in [2.24, 2.45) is 7.05 Å². The molecule has 128 valence electrons. The summed E-state index contributed by atoms with van der Waals surface area (Å²) in [6.45, 7) is 0.546. The molecule has 0 atom stereocenters. The molecule has 0 unspecified atom stereocenters.